The number of likely N-dealkylation sites (tertiary alicyclic amines) is 1. The summed E-state index contributed by atoms with van der Waals surface area (Å²) in [5.74, 6) is -1.04. The van der Waals surface area contributed by atoms with Crippen molar-refractivity contribution in [2.75, 3.05) is 13.1 Å². The minimum atomic E-state index is -0.802. The van der Waals surface area contributed by atoms with E-state index in [2.05, 4.69) is 0 Å². The van der Waals surface area contributed by atoms with Crippen LogP contribution in [0.3, 0.4) is 0 Å². The van der Waals surface area contributed by atoms with Crippen molar-refractivity contribution >= 4 is 11.9 Å². The molecular weight excluding hydrogens is 268 g/mol. The van der Waals surface area contributed by atoms with Crippen LogP contribution in [0.1, 0.15) is 31.4 Å². The highest BCUT2D eigenvalue weighted by Crippen LogP contribution is 2.25. The van der Waals surface area contributed by atoms with Gasteiger partial charge in [0.15, 0.2) is 0 Å². The quantitative estimate of drug-likeness (QED) is 0.863. The highest BCUT2D eigenvalue weighted by Gasteiger charge is 2.32. The fraction of sp³-hybridized carbons (Fsp3) is 0.500. The highest BCUT2D eigenvalue weighted by atomic mass is 16.4. The van der Waals surface area contributed by atoms with E-state index in [0.717, 1.165) is 12.0 Å². The van der Waals surface area contributed by atoms with Crippen LogP contribution in [0, 0.1) is 11.8 Å². The van der Waals surface area contributed by atoms with Gasteiger partial charge in [0.2, 0.25) is 5.91 Å². The number of hydrogen-bond donors (Lipinski definition) is 2. The van der Waals surface area contributed by atoms with Crippen LogP contribution < -0.4 is 5.73 Å². The molecule has 21 heavy (non-hydrogen) atoms. The Kier molecular flexibility index (Phi) is 4.96. The molecule has 5 heteroatoms. The molecule has 5 nitrogen and oxygen atoms in total. The summed E-state index contributed by atoms with van der Waals surface area (Å²) in [5, 5.41) is 8.82. The summed E-state index contributed by atoms with van der Waals surface area (Å²) < 4.78 is 0. The molecule has 3 N–H and O–H groups in total. The number of aliphatic carboxylic acids is 1. The summed E-state index contributed by atoms with van der Waals surface area (Å²) in [7, 11) is 0. The van der Waals surface area contributed by atoms with E-state index in [1.807, 2.05) is 37.3 Å². The number of benzene rings is 1. The largest absolute Gasteiger partial charge is 0.481 e. The van der Waals surface area contributed by atoms with Crippen LogP contribution in [0.2, 0.25) is 0 Å². The van der Waals surface area contributed by atoms with Crippen molar-refractivity contribution in [1.82, 2.24) is 4.90 Å². The second-order valence-electron chi connectivity index (χ2n) is 5.76. The van der Waals surface area contributed by atoms with Gasteiger partial charge in [-0.15, -0.1) is 0 Å². The first-order valence-electron chi connectivity index (χ1n) is 7.30. The lowest BCUT2D eigenvalue weighted by molar-refractivity contribution is -0.139. The first-order valence-corrected chi connectivity index (χ1v) is 7.30. The van der Waals surface area contributed by atoms with E-state index in [1.54, 1.807) is 4.90 Å². The predicted octanol–water partition coefficient (Wildman–Crippen LogP) is 1.65. The Morgan fingerprint density at radius 3 is 2.67 bits per heavy atom. The van der Waals surface area contributed by atoms with Crippen molar-refractivity contribution in [3.63, 3.8) is 0 Å². The van der Waals surface area contributed by atoms with Crippen LogP contribution in [0.25, 0.3) is 0 Å². The second-order valence-corrected chi connectivity index (χ2v) is 5.76. The van der Waals surface area contributed by atoms with Gasteiger partial charge in [-0.1, -0.05) is 37.3 Å². The minimum Gasteiger partial charge on any atom is -0.481 e. The van der Waals surface area contributed by atoms with Gasteiger partial charge in [0.1, 0.15) is 0 Å². The van der Waals surface area contributed by atoms with Gasteiger partial charge in [0.25, 0.3) is 0 Å². The van der Waals surface area contributed by atoms with Gasteiger partial charge < -0.3 is 15.7 Å². The van der Waals surface area contributed by atoms with Gasteiger partial charge in [-0.25, -0.2) is 0 Å². The van der Waals surface area contributed by atoms with Gasteiger partial charge in [-0.05, 0) is 17.9 Å². The number of amides is 1. The van der Waals surface area contributed by atoms with E-state index in [4.69, 9.17) is 10.8 Å². The molecule has 0 aromatic heterocycles. The molecule has 1 heterocycles. The molecule has 1 aliphatic heterocycles. The summed E-state index contributed by atoms with van der Waals surface area (Å²) in [6.07, 6.45) is 0.883. The van der Waals surface area contributed by atoms with Crippen molar-refractivity contribution in [2.24, 2.45) is 17.6 Å². The maximum atomic E-state index is 12.5. The zero-order chi connectivity index (χ0) is 15.4. The second kappa shape index (κ2) is 6.72. The Morgan fingerprint density at radius 1 is 1.38 bits per heavy atom. The predicted molar refractivity (Wildman–Crippen MR) is 79.5 cm³/mol. The Hall–Kier alpha value is -1.88. The van der Waals surface area contributed by atoms with E-state index in [0.29, 0.717) is 13.1 Å². The van der Waals surface area contributed by atoms with Gasteiger partial charge in [0, 0.05) is 25.6 Å². The first-order chi connectivity index (χ1) is 9.99. The third-order valence-electron chi connectivity index (χ3n) is 4.17. The highest BCUT2D eigenvalue weighted by molar-refractivity contribution is 5.80. The molecule has 0 bridgehead atoms. The van der Waals surface area contributed by atoms with Crippen molar-refractivity contribution in [1.29, 1.82) is 0 Å². The normalized spacial score (nSPS) is 21.0. The van der Waals surface area contributed by atoms with Crippen molar-refractivity contribution in [3.8, 4) is 0 Å². The molecular formula is C16H22N2O3. The molecule has 0 saturated carbocycles. The van der Waals surface area contributed by atoms with E-state index in [1.165, 1.54) is 0 Å². The molecule has 3 atom stereocenters. The monoisotopic (exact) mass is 290 g/mol. The summed E-state index contributed by atoms with van der Waals surface area (Å²) in [6.45, 7) is 2.99. The average Bonchev–Trinajstić information content (AvgIpc) is 2.93. The van der Waals surface area contributed by atoms with Gasteiger partial charge >= 0.3 is 5.97 Å². The van der Waals surface area contributed by atoms with Crippen molar-refractivity contribution < 1.29 is 14.7 Å². The van der Waals surface area contributed by atoms with Gasteiger partial charge in [-0.3, -0.25) is 9.59 Å². The number of carboxylic acid groups (broad SMARTS) is 1. The standard InChI is InChI=1S/C16H22N2O3/c1-11(15(17)13-5-3-2-4-6-13)16(21)18-8-7-12(10-18)9-14(19)20/h2-6,11-12,15H,7-10,17H2,1H3,(H,19,20). The third-order valence-corrected chi connectivity index (χ3v) is 4.17. The summed E-state index contributed by atoms with van der Waals surface area (Å²) in [4.78, 5) is 25.0. The molecule has 2 rings (SSSR count). The smallest absolute Gasteiger partial charge is 0.303 e. The van der Waals surface area contributed by atoms with E-state index in [9.17, 15) is 9.59 Å². The number of carbonyl (C=O) groups excluding carboxylic acids is 1. The fourth-order valence-electron chi connectivity index (χ4n) is 2.85. The Bertz CT molecular complexity index is 504. The molecule has 0 spiro atoms. The number of nitrogens with two attached hydrogens (primary N) is 1. The minimum absolute atomic E-state index is 0.0132. The van der Waals surface area contributed by atoms with Crippen LogP contribution in [0.15, 0.2) is 30.3 Å². The van der Waals surface area contributed by atoms with Crippen molar-refractivity contribution in [2.45, 2.75) is 25.8 Å². The molecule has 0 aliphatic carbocycles. The molecule has 1 aromatic rings. The number of carbonyl (C=O) groups is 2. The van der Waals surface area contributed by atoms with Crippen LogP contribution in [0.5, 0.6) is 0 Å². The Labute approximate surface area is 124 Å². The molecule has 0 radical (unpaired) electrons. The molecule has 1 amide bonds. The number of carboxylic acids is 1. The summed E-state index contributed by atoms with van der Waals surface area (Å²) >= 11 is 0. The van der Waals surface area contributed by atoms with Crippen LogP contribution in [-0.4, -0.2) is 35.0 Å². The lowest BCUT2D eigenvalue weighted by atomic mass is 9.94. The van der Waals surface area contributed by atoms with Gasteiger partial charge in [-0.2, -0.15) is 0 Å². The lowest BCUT2D eigenvalue weighted by Gasteiger charge is -2.25. The Balaban J connectivity index is 1.95. The Morgan fingerprint density at radius 2 is 2.05 bits per heavy atom. The van der Waals surface area contributed by atoms with E-state index in [-0.39, 0.29) is 30.2 Å². The SMILES string of the molecule is CC(C(=O)N1CCC(CC(=O)O)C1)C(N)c1ccccc1. The molecule has 3 unspecified atom stereocenters. The molecule has 1 aliphatic rings. The van der Waals surface area contributed by atoms with E-state index < -0.39 is 5.97 Å². The van der Waals surface area contributed by atoms with Gasteiger partial charge in [0.05, 0.1) is 5.92 Å². The van der Waals surface area contributed by atoms with E-state index >= 15 is 0 Å². The maximum absolute atomic E-state index is 12.5. The lowest BCUT2D eigenvalue weighted by Crippen LogP contribution is -2.38. The zero-order valence-corrected chi connectivity index (χ0v) is 12.2. The van der Waals surface area contributed by atoms with Crippen molar-refractivity contribution in [3.05, 3.63) is 35.9 Å². The maximum Gasteiger partial charge on any atom is 0.303 e. The first kappa shape index (κ1) is 15.5. The van der Waals surface area contributed by atoms with Crippen LogP contribution in [0.4, 0.5) is 0 Å². The van der Waals surface area contributed by atoms with Crippen LogP contribution >= 0.6 is 0 Å². The van der Waals surface area contributed by atoms with Crippen LogP contribution in [-0.2, 0) is 9.59 Å². The topological polar surface area (TPSA) is 83.6 Å². The fourth-order valence-corrected chi connectivity index (χ4v) is 2.85. The average molecular weight is 290 g/mol. The molecule has 114 valence electrons. The number of nitrogens with zero attached hydrogens (tertiary/aromatic N) is 1. The third kappa shape index (κ3) is 3.82. The number of hydrogen-bond acceptors (Lipinski definition) is 3. The summed E-state index contributed by atoms with van der Waals surface area (Å²) in [5.41, 5.74) is 7.12. The zero-order valence-electron chi connectivity index (χ0n) is 12.2. The summed E-state index contributed by atoms with van der Waals surface area (Å²) in [6, 6.07) is 9.24. The number of rotatable bonds is 5. The molecule has 1 aromatic carbocycles. The molecule has 1 fully saturated rings. The molecule has 1 saturated heterocycles.